The normalized spacial score (nSPS) is 25.0. The van der Waals surface area contributed by atoms with E-state index in [9.17, 15) is 0 Å². The van der Waals surface area contributed by atoms with Gasteiger partial charge in [-0.05, 0) is 51.9 Å². The van der Waals surface area contributed by atoms with Crippen LogP contribution in [0.1, 0.15) is 75.9 Å². The molecule has 2 atom stereocenters. The highest BCUT2D eigenvalue weighted by atomic mass is 16.5. The van der Waals surface area contributed by atoms with Crippen LogP contribution < -0.4 is 5.32 Å². The van der Waals surface area contributed by atoms with E-state index in [0.29, 0.717) is 17.5 Å². The minimum Gasteiger partial charge on any atom is -0.361 e. The average Bonchev–Trinajstić information content (AvgIpc) is 2.55. The molecule has 2 rings (SSSR count). The molecule has 0 spiro atoms. The molecule has 1 N–H and O–H groups in total. The molecule has 3 heteroatoms. The van der Waals surface area contributed by atoms with Gasteiger partial charge in [0.25, 0.3) is 0 Å². The Balaban J connectivity index is 1.98. The van der Waals surface area contributed by atoms with Gasteiger partial charge in [-0.25, -0.2) is 0 Å². The van der Waals surface area contributed by atoms with Gasteiger partial charge in [0, 0.05) is 17.6 Å². The Kier molecular flexibility index (Phi) is 4.34. The molecule has 1 aromatic heterocycles. The Hall–Kier alpha value is -0.830. The van der Waals surface area contributed by atoms with Gasteiger partial charge >= 0.3 is 0 Å². The van der Waals surface area contributed by atoms with E-state index in [2.05, 4.69) is 31.2 Å². The lowest BCUT2D eigenvalue weighted by molar-refractivity contribution is 0.307. The van der Waals surface area contributed by atoms with Gasteiger partial charge in [0.2, 0.25) is 0 Å². The van der Waals surface area contributed by atoms with E-state index in [0.717, 1.165) is 11.5 Å². The van der Waals surface area contributed by atoms with Crippen LogP contribution in [0.15, 0.2) is 4.52 Å². The first-order chi connectivity index (χ1) is 8.89. The van der Waals surface area contributed by atoms with E-state index >= 15 is 0 Å². The summed E-state index contributed by atoms with van der Waals surface area (Å²) in [5.74, 6) is 0.950. The quantitative estimate of drug-likeness (QED) is 0.827. The Morgan fingerprint density at radius 2 is 2.00 bits per heavy atom. The summed E-state index contributed by atoms with van der Waals surface area (Å²) in [6.45, 7) is 11.0. The molecule has 1 fully saturated rings. The number of hydrogen-bond donors (Lipinski definition) is 1. The van der Waals surface area contributed by atoms with Crippen molar-refractivity contribution >= 4 is 0 Å². The van der Waals surface area contributed by atoms with Crippen LogP contribution in [-0.2, 0) is 0 Å². The summed E-state index contributed by atoms with van der Waals surface area (Å²) in [7, 11) is 0. The lowest BCUT2D eigenvalue weighted by atomic mass is 9.85. The number of hydrogen-bond acceptors (Lipinski definition) is 3. The summed E-state index contributed by atoms with van der Waals surface area (Å²) < 4.78 is 5.27. The van der Waals surface area contributed by atoms with E-state index in [-0.39, 0.29) is 0 Å². The Morgan fingerprint density at radius 1 is 1.26 bits per heavy atom. The largest absolute Gasteiger partial charge is 0.361 e. The zero-order chi connectivity index (χ0) is 14.0. The van der Waals surface area contributed by atoms with Gasteiger partial charge in [0.05, 0.1) is 5.69 Å². The van der Waals surface area contributed by atoms with Crippen molar-refractivity contribution in [1.82, 2.24) is 10.5 Å². The highest BCUT2D eigenvalue weighted by molar-refractivity contribution is 5.24. The fourth-order valence-corrected chi connectivity index (χ4v) is 3.37. The topological polar surface area (TPSA) is 38.1 Å². The van der Waals surface area contributed by atoms with Crippen LogP contribution in [0.25, 0.3) is 0 Å². The second-order valence-corrected chi connectivity index (χ2v) is 6.92. The minimum absolute atomic E-state index is 0.331. The standard InChI is InChI=1S/C16H28N2O/c1-11(15-12(2)18-19-13(15)3)17-14-7-6-9-16(4,5)10-8-14/h11,14,17H,6-10H2,1-5H3. The third-order valence-electron chi connectivity index (χ3n) is 4.58. The third kappa shape index (κ3) is 3.59. The van der Waals surface area contributed by atoms with Crippen molar-refractivity contribution in [3.05, 3.63) is 17.0 Å². The van der Waals surface area contributed by atoms with E-state index in [1.165, 1.54) is 37.7 Å². The molecule has 2 unspecified atom stereocenters. The summed E-state index contributed by atoms with van der Waals surface area (Å²) in [4.78, 5) is 0. The van der Waals surface area contributed by atoms with E-state index in [4.69, 9.17) is 4.52 Å². The number of aryl methyl sites for hydroxylation is 2. The lowest BCUT2D eigenvalue weighted by Gasteiger charge is -2.24. The zero-order valence-corrected chi connectivity index (χ0v) is 13.0. The van der Waals surface area contributed by atoms with Gasteiger partial charge in [0.15, 0.2) is 0 Å². The predicted octanol–water partition coefficient (Wildman–Crippen LogP) is 4.30. The molecule has 0 radical (unpaired) electrons. The monoisotopic (exact) mass is 264 g/mol. The summed E-state index contributed by atoms with van der Waals surface area (Å²) in [5, 5.41) is 7.84. The zero-order valence-electron chi connectivity index (χ0n) is 13.0. The van der Waals surface area contributed by atoms with Gasteiger partial charge in [-0.1, -0.05) is 25.4 Å². The molecule has 1 aliphatic carbocycles. The Bertz CT molecular complexity index is 403. The number of rotatable bonds is 3. The molecule has 0 bridgehead atoms. The molecule has 1 aliphatic rings. The van der Waals surface area contributed by atoms with Gasteiger partial charge in [0.1, 0.15) is 5.76 Å². The average molecular weight is 264 g/mol. The van der Waals surface area contributed by atoms with Crippen LogP contribution in [-0.4, -0.2) is 11.2 Å². The van der Waals surface area contributed by atoms with Crippen LogP contribution in [0.4, 0.5) is 0 Å². The second-order valence-electron chi connectivity index (χ2n) is 6.92. The predicted molar refractivity (Wildman–Crippen MR) is 78.2 cm³/mol. The van der Waals surface area contributed by atoms with Crippen LogP contribution in [0.3, 0.4) is 0 Å². The summed E-state index contributed by atoms with van der Waals surface area (Å²) in [6.07, 6.45) is 6.57. The van der Waals surface area contributed by atoms with Crippen molar-refractivity contribution in [1.29, 1.82) is 0 Å². The molecule has 0 aromatic carbocycles. The highest BCUT2D eigenvalue weighted by Gasteiger charge is 2.26. The van der Waals surface area contributed by atoms with Gasteiger partial charge in [-0.3, -0.25) is 0 Å². The fourth-order valence-electron chi connectivity index (χ4n) is 3.37. The van der Waals surface area contributed by atoms with Crippen molar-refractivity contribution in [2.75, 3.05) is 0 Å². The second kappa shape index (κ2) is 5.66. The summed E-state index contributed by atoms with van der Waals surface area (Å²) in [5.41, 5.74) is 2.78. The Labute approximate surface area is 117 Å². The van der Waals surface area contributed by atoms with E-state index in [1.54, 1.807) is 0 Å². The highest BCUT2D eigenvalue weighted by Crippen LogP contribution is 2.34. The van der Waals surface area contributed by atoms with Crippen LogP contribution in [0.2, 0.25) is 0 Å². The van der Waals surface area contributed by atoms with Gasteiger partial charge < -0.3 is 9.84 Å². The number of nitrogens with zero attached hydrogens (tertiary/aromatic N) is 1. The molecular formula is C16H28N2O. The van der Waals surface area contributed by atoms with Crippen LogP contribution in [0, 0.1) is 19.3 Å². The number of nitrogens with one attached hydrogen (secondary N) is 1. The molecule has 108 valence electrons. The van der Waals surface area contributed by atoms with Crippen molar-refractivity contribution in [3.8, 4) is 0 Å². The molecule has 0 amide bonds. The first kappa shape index (κ1) is 14.6. The molecule has 3 nitrogen and oxygen atoms in total. The Morgan fingerprint density at radius 3 is 2.63 bits per heavy atom. The summed E-state index contributed by atoms with van der Waals surface area (Å²) in [6, 6.07) is 0.961. The molecule has 0 saturated heterocycles. The molecule has 1 heterocycles. The lowest BCUT2D eigenvalue weighted by Crippen LogP contribution is -2.31. The maximum atomic E-state index is 5.27. The van der Waals surface area contributed by atoms with E-state index in [1.807, 2.05) is 13.8 Å². The molecule has 1 aromatic rings. The van der Waals surface area contributed by atoms with Crippen LogP contribution >= 0.6 is 0 Å². The van der Waals surface area contributed by atoms with Crippen molar-refractivity contribution in [2.24, 2.45) is 5.41 Å². The summed E-state index contributed by atoms with van der Waals surface area (Å²) >= 11 is 0. The smallest absolute Gasteiger partial charge is 0.138 e. The van der Waals surface area contributed by atoms with E-state index < -0.39 is 0 Å². The molecular weight excluding hydrogens is 236 g/mol. The molecule has 1 saturated carbocycles. The van der Waals surface area contributed by atoms with Gasteiger partial charge in [-0.15, -0.1) is 0 Å². The van der Waals surface area contributed by atoms with Crippen molar-refractivity contribution in [2.45, 2.75) is 78.8 Å². The first-order valence-electron chi connectivity index (χ1n) is 7.58. The fraction of sp³-hybridized carbons (Fsp3) is 0.812. The first-order valence-corrected chi connectivity index (χ1v) is 7.58. The maximum Gasteiger partial charge on any atom is 0.138 e. The van der Waals surface area contributed by atoms with Crippen molar-refractivity contribution in [3.63, 3.8) is 0 Å². The minimum atomic E-state index is 0.331. The third-order valence-corrected chi connectivity index (χ3v) is 4.58. The number of aromatic nitrogens is 1. The molecule has 0 aliphatic heterocycles. The van der Waals surface area contributed by atoms with Crippen molar-refractivity contribution < 1.29 is 4.52 Å². The van der Waals surface area contributed by atoms with Gasteiger partial charge in [-0.2, -0.15) is 0 Å². The SMILES string of the molecule is Cc1noc(C)c1C(C)NC1CCCC(C)(C)CC1. The molecule has 19 heavy (non-hydrogen) atoms. The van der Waals surface area contributed by atoms with Crippen LogP contribution in [0.5, 0.6) is 0 Å². The maximum absolute atomic E-state index is 5.27.